The number of carbonyl (C=O) groups is 2. The van der Waals surface area contributed by atoms with Crippen molar-refractivity contribution in [2.24, 2.45) is 11.5 Å². The number of primary amides is 1. The Hall–Kier alpha value is -1.31. The molecule has 0 rings (SSSR count). The fraction of sp³-hybridized carbons (Fsp3) is 0.778. The smallest absolute Gasteiger partial charge is 0.370 e. The topological polar surface area (TPSA) is 89.4 Å². The number of hydrogen-bond acceptors (Lipinski definition) is 3. The fourth-order valence-corrected chi connectivity index (χ4v) is 1.23. The molecule has 0 heterocycles. The van der Waals surface area contributed by atoms with Crippen molar-refractivity contribution in [3.63, 3.8) is 0 Å². The molecule has 0 spiro atoms. The van der Waals surface area contributed by atoms with Crippen molar-refractivity contribution in [1.82, 2.24) is 4.90 Å². The third kappa shape index (κ3) is 6.10. The Labute approximate surface area is 96.9 Å². The predicted molar refractivity (Wildman–Crippen MR) is 54.7 cm³/mol. The average Bonchev–Trinajstić information content (AvgIpc) is 2.10. The molecular weight excluding hydrogens is 239 g/mol. The number of halogens is 3. The van der Waals surface area contributed by atoms with Gasteiger partial charge in [-0.05, 0) is 13.8 Å². The van der Waals surface area contributed by atoms with Crippen LogP contribution in [0.5, 0.6) is 0 Å². The Bertz CT molecular complexity index is 292. The predicted octanol–water partition coefficient (Wildman–Crippen LogP) is -0.0116. The van der Waals surface area contributed by atoms with Gasteiger partial charge in [0.2, 0.25) is 11.8 Å². The van der Waals surface area contributed by atoms with Crippen molar-refractivity contribution in [3.8, 4) is 0 Å². The van der Waals surface area contributed by atoms with E-state index in [-0.39, 0.29) is 0 Å². The molecule has 100 valence electrons. The minimum absolute atomic E-state index is 0.472. The highest BCUT2D eigenvalue weighted by atomic mass is 19.4. The molecule has 0 bridgehead atoms. The van der Waals surface area contributed by atoms with Crippen LogP contribution < -0.4 is 11.5 Å². The van der Waals surface area contributed by atoms with Crippen molar-refractivity contribution in [1.29, 1.82) is 0 Å². The molecule has 1 unspecified atom stereocenters. The summed E-state index contributed by atoms with van der Waals surface area (Å²) >= 11 is 0. The van der Waals surface area contributed by atoms with Crippen LogP contribution in [0.25, 0.3) is 0 Å². The molecule has 0 aliphatic rings. The van der Waals surface area contributed by atoms with Crippen LogP contribution in [0.4, 0.5) is 13.2 Å². The summed E-state index contributed by atoms with van der Waals surface area (Å²) in [6.07, 6.45) is -4.98. The van der Waals surface area contributed by atoms with Gasteiger partial charge in [0.25, 0.3) is 0 Å². The van der Waals surface area contributed by atoms with Gasteiger partial charge in [-0.25, -0.2) is 0 Å². The number of alkyl halides is 3. The fourth-order valence-electron chi connectivity index (χ4n) is 1.23. The molecule has 0 aromatic heterocycles. The first kappa shape index (κ1) is 15.7. The summed E-state index contributed by atoms with van der Waals surface area (Å²) in [5.41, 5.74) is 10.1. The summed E-state index contributed by atoms with van der Waals surface area (Å²) in [6.45, 7) is 1.47. The molecule has 4 N–H and O–H groups in total. The largest absolute Gasteiger partial charge is 0.406 e. The molecule has 2 amide bonds. The van der Waals surface area contributed by atoms with Crippen molar-refractivity contribution in [3.05, 3.63) is 0 Å². The van der Waals surface area contributed by atoms with E-state index in [0.29, 0.717) is 4.90 Å². The second kappa shape index (κ2) is 5.85. The zero-order valence-corrected chi connectivity index (χ0v) is 9.62. The molecule has 0 aromatic carbocycles. The van der Waals surface area contributed by atoms with E-state index in [1.807, 2.05) is 0 Å². The van der Waals surface area contributed by atoms with Gasteiger partial charge in [0, 0.05) is 6.04 Å². The maximum Gasteiger partial charge on any atom is 0.406 e. The summed E-state index contributed by atoms with van der Waals surface area (Å²) in [4.78, 5) is 22.7. The zero-order chi connectivity index (χ0) is 13.8. The van der Waals surface area contributed by atoms with Gasteiger partial charge >= 0.3 is 6.18 Å². The van der Waals surface area contributed by atoms with Crippen molar-refractivity contribution < 1.29 is 22.8 Å². The van der Waals surface area contributed by atoms with E-state index in [9.17, 15) is 22.8 Å². The van der Waals surface area contributed by atoms with Gasteiger partial charge in [0.15, 0.2) is 0 Å². The van der Waals surface area contributed by atoms with Crippen LogP contribution in [-0.2, 0) is 9.59 Å². The number of nitrogens with two attached hydrogens (primary N) is 2. The van der Waals surface area contributed by atoms with Crippen molar-refractivity contribution >= 4 is 11.8 Å². The molecule has 8 heteroatoms. The Morgan fingerprint density at radius 1 is 1.29 bits per heavy atom. The molecular formula is C9H16F3N3O2. The minimum Gasteiger partial charge on any atom is -0.370 e. The minimum atomic E-state index is -4.51. The van der Waals surface area contributed by atoms with Gasteiger partial charge in [-0.2, -0.15) is 13.2 Å². The summed E-state index contributed by atoms with van der Waals surface area (Å²) in [7, 11) is 0. The van der Waals surface area contributed by atoms with Crippen LogP contribution >= 0.6 is 0 Å². The molecule has 0 aliphatic carbocycles. The Morgan fingerprint density at radius 2 is 1.76 bits per heavy atom. The van der Waals surface area contributed by atoms with E-state index in [2.05, 4.69) is 0 Å². The third-order valence-electron chi connectivity index (χ3n) is 1.99. The van der Waals surface area contributed by atoms with Gasteiger partial charge in [0.1, 0.15) is 6.54 Å². The highest BCUT2D eigenvalue weighted by Crippen LogP contribution is 2.18. The molecule has 17 heavy (non-hydrogen) atoms. The monoisotopic (exact) mass is 255 g/mol. The number of amides is 2. The van der Waals surface area contributed by atoms with Crippen LogP contribution in [0.2, 0.25) is 0 Å². The molecule has 0 fully saturated rings. The van der Waals surface area contributed by atoms with E-state index in [1.54, 1.807) is 0 Å². The first-order chi connectivity index (χ1) is 7.54. The molecule has 0 saturated heterocycles. The highest BCUT2D eigenvalue weighted by Gasteiger charge is 2.36. The van der Waals surface area contributed by atoms with Crippen molar-refractivity contribution in [2.45, 2.75) is 38.5 Å². The Kier molecular flexibility index (Phi) is 5.40. The van der Waals surface area contributed by atoms with Crippen LogP contribution in [0.1, 0.15) is 20.3 Å². The van der Waals surface area contributed by atoms with E-state index in [1.165, 1.54) is 13.8 Å². The molecule has 0 aliphatic heterocycles. The Balaban J connectivity index is 4.71. The number of nitrogens with zero attached hydrogens (tertiary/aromatic N) is 1. The van der Waals surface area contributed by atoms with Gasteiger partial charge in [-0.1, -0.05) is 0 Å². The molecule has 0 aromatic rings. The van der Waals surface area contributed by atoms with E-state index in [0.717, 1.165) is 0 Å². The van der Waals surface area contributed by atoms with E-state index < -0.39 is 43.0 Å². The zero-order valence-electron chi connectivity index (χ0n) is 9.62. The molecule has 1 atom stereocenters. The lowest BCUT2D eigenvalue weighted by atomic mass is 10.1. The second-order valence-corrected chi connectivity index (χ2v) is 3.95. The maximum atomic E-state index is 12.2. The first-order valence-electron chi connectivity index (χ1n) is 4.95. The standard InChI is InChI=1S/C9H16F3N3O2/c1-5(2)15(4-9(10,11)12)8(17)6(13)3-7(14)16/h5-6H,3-4,13H2,1-2H3,(H2,14,16). The summed E-state index contributed by atoms with van der Waals surface area (Å²) < 4.78 is 36.7. The van der Waals surface area contributed by atoms with Gasteiger partial charge in [-0.3, -0.25) is 9.59 Å². The summed E-state index contributed by atoms with van der Waals surface area (Å²) in [5.74, 6) is -1.77. The molecule has 0 saturated carbocycles. The van der Waals surface area contributed by atoms with Crippen LogP contribution in [0.15, 0.2) is 0 Å². The number of carbonyl (C=O) groups excluding carboxylic acids is 2. The van der Waals surface area contributed by atoms with Gasteiger partial charge in [0.05, 0.1) is 12.5 Å². The van der Waals surface area contributed by atoms with E-state index in [4.69, 9.17) is 11.5 Å². The van der Waals surface area contributed by atoms with Gasteiger partial charge < -0.3 is 16.4 Å². The summed E-state index contributed by atoms with van der Waals surface area (Å²) in [5, 5.41) is 0. The Morgan fingerprint density at radius 3 is 2.06 bits per heavy atom. The average molecular weight is 255 g/mol. The van der Waals surface area contributed by atoms with Crippen LogP contribution in [0.3, 0.4) is 0 Å². The van der Waals surface area contributed by atoms with Crippen molar-refractivity contribution in [2.75, 3.05) is 6.54 Å². The molecule has 0 radical (unpaired) electrons. The van der Waals surface area contributed by atoms with Crippen LogP contribution in [-0.4, -0.2) is 41.5 Å². The lowest BCUT2D eigenvalue weighted by molar-refractivity contribution is -0.165. The third-order valence-corrected chi connectivity index (χ3v) is 1.99. The maximum absolute atomic E-state index is 12.2. The number of rotatable bonds is 5. The van der Waals surface area contributed by atoms with Gasteiger partial charge in [-0.15, -0.1) is 0 Å². The molecule has 5 nitrogen and oxygen atoms in total. The first-order valence-corrected chi connectivity index (χ1v) is 4.95. The van der Waals surface area contributed by atoms with E-state index >= 15 is 0 Å². The number of hydrogen-bond donors (Lipinski definition) is 2. The highest BCUT2D eigenvalue weighted by molar-refractivity contribution is 5.87. The lowest BCUT2D eigenvalue weighted by Crippen LogP contribution is -2.51. The SMILES string of the molecule is CC(C)N(CC(F)(F)F)C(=O)C(N)CC(N)=O. The summed E-state index contributed by atoms with van der Waals surface area (Å²) in [6, 6.07) is -2.00. The van der Waals surface area contributed by atoms with Crippen LogP contribution in [0, 0.1) is 0 Å². The quantitative estimate of drug-likeness (QED) is 0.724. The second-order valence-electron chi connectivity index (χ2n) is 3.95. The normalized spacial score (nSPS) is 13.6. The lowest BCUT2D eigenvalue weighted by Gasteiger charge is -2.29.